The number of carbonyl (C=O) groups is 1. The van der Waals surface area contributed by atoms with Crippen molar-refractivity contribution < 1.29 is 4.79 Å². The first-order chi connectivity index (χ1) is 5.34. The summed E-state index contributed by atoms with van der Waals surface area (Å²) in [6.07, 6.45) is 3.74. The fraction of sp³-hybridized carbons (Fsp3) is 0.571. The van der Waals surface area contributed by atoms with Gasteiger partial charge >= 0.3 is 0 Å². The Balaban J connectivity index is 2.33. The Morgan fingerprint density at radius 2 is 2.55 bits per heavy atom. The van der Waals surface area contributed by atoms with E-state index < -0.39 is 0 Å². The van der Waals surface area contributed by atoms with Gasteiger partial charge in [-0.25, -0.2) is 0 Å². The maximum atomic E-state index is 11.1. The number of hydrazine groups is 1. The third kappa shape index (κ3) is 2.55. The molecule has 0 spiro atoms. The van der Waals surface area contributed by atoms with Gasteiger partial charge in [-0.3, -0.25) is 9.80 Å². The molecule has 0 atom stereocenters. The van der Waals surface area contributed by atoms with Crippen LogP contribution in [-0.2, 0) is 4.79 Å². The molecule has 0 unspecified atom stereocenters. The van der Waals surface area contributed by atoms with Gasteiger partial charge in [0.15, 0.2) is 0 Å². The third-order valence-electron chi connectivity index (χ3n) is 1.44. The van der Waals surface area contributed by atoms with E-state index in [-0.39, 0.29) is 5.91 Å². The highest BCUT2D eigenvalue weighted by atomic mass is 32.2. The molecule has 0 saturated carbocycles. The van der Waals surface area contributed by atoms with Crippen molar-refractivity contribution in [3.05, 3.63) is 11.5 Å². The van der Waals surface area contributed by atoms with Crippen LogP contribution in [0.1, 0.15) is 19.8 Å². The molecule has 1 N–H and O–H groups in total. The second-order valence-corrected chi connectivity index (χ2v) is 3.05. The van der Waals surface area contributed by atoms with Crippen LogP contribution in [-0.4, -0.2) is 17.5 Å². The molecule has 11 heavy (non-hydrogen) atoms. The number of rotatable bonds is 3. The van der Waals surface area contributed by atoms with E-state index in [4.69, 9.17) is 0 Å². The Labute approximate surface area is 70.9 Å². The van der Waals surface area contributed by atoms with Gasteiger partial charge in [-0.15, -0.1) is 0 Å². The molecule has 0 saturated heterocycles. The summed E-state index contributed by atoms with van der Waals surface area (Å²) in [5, 5.41) is 3.39. The molecule has 0 radical (unpaired) electrons. The van der Waals surface area contributed by atoms with Crippen molar-refractivity contribution in [2.45, 2.75) is 19.8 Å². The number of amides is 1. The van der Waals surface area contributed by atoms with Crippen LogP contribution in [0, 0.1) is 0 Å². The molecule has 1 amide bonds. The highest BCUT2D eigenvalue weighted by Crippen LogP contribution is 2.06. The minimum atomic E-state index is 0.0530. The van der Waals surface area contributed by atoms with Gasteiger partial charge < -0.3 is 0 Å². The first kappa shape index (κ1) is 8.62. The lowest BCUT2D eigenvalue weighted by Gasteiger charge is -2.22. The maximum absolute atomic E-state index is 11.1. The number of nitrogens with one attached hydrogen (secondary N) is 1. The van der Waals surface area contributed by atoms with E-state index in [1.54, 1.807) is 16.5 Å². The van der Waals surface area contributed by atoms with Gasteiger partial charge in [-0.05, 0) is 23.8 Å². The monoisotopic (exact) mass is 172 g/mol. The summed E-state index contributed by atoms with van der Waals surface area (Å²) < 4.78 is 0. The largest absolute Gasteiger partial charge is 0.268 e. The fourth-order valence-electron chi connectivity index (χ4n) is 0.793. The third-order valence-corrected chi connectivity index (χ3v) is 2.04. The standard InChI is InChI=1S/C7H12N2OS/c1-2-3-5-9-7(10)4-6-11-8-9/h4,6,8H,2-3,5H2,1H3. The Hall–Kier alpha value is -0.480. The molecule has 62 valence electrons. The van der Waals surface area contributed by atoms with Gasteiger partial charge in [-0.1, -0.05) is 13.3 Å². The Bertz CT molecular complexity index is 170. The lowest BCUT2D eigenvalue weighted by molar-refractivity contribution is -0.127. The van der Waals surface area contributed by atoms with Crippen molar-refractivity contribution >= 4 is 17.9 Å². The van der Waals surface area contributed by atoms with Crippen LogP contribution in [0.2, 0.25) is 0 Å². The van der Waals surface area contributed by atoms with Gasteiger partial charge in [-0.2, -0.15) is 4.83 Å². The van der Waals surface area contributed by atoms with E-state index in [0.29, 0.717) is 0 Å². The normalized spacial score (nSPS) is 17.5. The Morgan fingerprint density at radius 1 is 1.73 bits per heavy atom. The van der Waals surface area contributed by atoms with Gasteiger partial charge in [0.2, 0.25) is 0 Å². The van der Waals surface area contributed by atoms with Crippen molar-refractivity contribution in [1.82, 2.24) is 9.84 Å². The molecule has 0 aromatic heterocycles. The Kier molecular flexibility index (Phi) is 3.45. The van der Waals surface area contributed by atoms with Crippen LogP contribution >= 0.6 is 11.9 Å². The van der Waals surface area contributed by atoms with Gasteiger partial charge in [0.1, 0.15) is 0 Å². The Morgan fingerprint density at radius 3 is 3.18 bits per heavy atom. The minimum Gasteiger partial charge on any atom is -0.268 e. The zero-order valence-corrected chi connectivity index (χ0v) is 7.36. The lowest BCUT2D eigenvalue weighted by atomic mass is 10.3. The smallest absolute Gasteiger partial charge is 0.261 e. The van der Waals surface area contributed by atoms with Crippen molar-refractivity contribution in [3.8, 4) is 0 Å². The van der Waals surface area contributed by atoms with Crippen molar-refractivity contribution in [2.24, 2.45) is 0 Å². The number of carbonyl (C=O) groups excluding carboxylic acids is 1. The van der Waals surface area contributed by atoms with Crippen LogP contribution < -0.4 is 4.83 Å². The van der Waals surface area contributed by atoms with E-state index in [0.717, 1.165) is 19.4 Å². The molecule has 1 aliphatic heterocycles. The van der Waals surface area contributed by atoms with Crippen LogP contribution in [0.25, 0.3) is 0 Å². The van der Waals surface area contributed by atoms with Gasteiger partial charge in [0.05, 0.1) is 0 Å². The highest BCUT2D eigenvalue weighted by molar-refractivity contribution is 8.00. The summed E-state index contributed by atoms with van der Waals surface area (Å²) in [6, 6.07) is 0. The number of hydrogen-bond acceptors (Lipinski definition) is 3. The number of nitrogens with zero attached hydrogens (tertiary/aromatic N) is 1. The average Bonchev–Trinajstić information content (AvgIpc) is 2.03. The molecule has 1 aliphatic rings. The molecule has 3 nitrogen and oxygen atoms in total. The van der Waals surface area contributed by atoms with Crippen LogP contribution in [0.4, 0.5) is 0 Å². The number of hydrogen-bond donors (Lipinski definition) is 1. The first-order valence-corrected chi connectivity index (χ1v) is 4.62. The molecule has 0 aromatic rings. The molecular formula is C7H12N2OS. The zero-order valence-electron chi connectivity index (χ0n) is 6.54. The maximum Gasteiger partial charge on any atom is 0.261 e. The highest BCUT2D eigenvalue weighted by Gasteiger charge is 2.11. The first-order valence-electron chi connectivity index (χ1n) is 3.74. The van der Waals surface area contributed by atoms with Gasteiger partial charge in [0, 0.05) is 12.6 Å². The predicted octanol–water partition coefficient (Wildman–Crippen LogP) is 1.30. The molecule has 0 aliphatic carbocycles. The van der Waals surface area contributed by atoms with Crippen LogP contribution in [0.5, 0.6) is 0 Å². The molecular weight excluding hydrogens is 160 g/mol. The fourth-order valence-corrected chi connectivity index (χ4v) is 1.35. The summed E-state index contributed by atoms with van der Waals surface area (Å²) in [7, 11) is 0. The molecule has 1 rings (SSSR count). The summed E-state index contributed by atoms with van der Waals surface area (Å²) >= 11 is 1.43. The SMILES string of the molecule is CCCCN1NSC=CC1=O. The van der Waals surface area contributed by atoms with E-state index in [2.05, 4.69) is 11.8 Å². The summed E-state index contributed by atoms with van der Waals surface area (Å²) in [4.78, 5) is 14.0. The van der Waals surface area contributed by atoms with Crippen LogP contribution in [0.15, 0.2) is 11.5 Å². The lowest BCUT2D eigenvalue weighted by Crippen LogP contribution is -2.40. The number of unbranched alkanes of at least 4 members (excludes halogenated alkanes) is 1. The zero-order chi connectivity index (χ0) is 8.10. The van der Waals surface area contributed by atoms with Gasteiger partial charge in [0.25, 0.3) is 5.91 Å². The summed E-state index contributed by atoms with van der Waals surface area (Å²) in [6.45, 7) is 2.91. The van der Waals surface area contributed by atoms with Crippen molar-refractivity contribution in [3.63, 3.8) is 0 Å². The van der Waals surface area contributed by atoms with E-state index in [9.17, 15) is 4.79 Å². The topological polar surface area (TPSA) is 32.3 Å². The van der Waals surface area contributed by atoms with Crippen molar-refractivity contribution in [2.75, 3.05) is 6.54 Å². The quantitative estimate of drug-likeness (QED) is 0.651. The summed E-state index contributed by atoms with van der Waals surface area (Å²) in [5.74, 6) is 0.0530. The predicted molar refractivity (Wildman–Crippen MR) is 46.5 cm³/mol. The second-order valence-electron chi connectivity index (χ2n) is 2.36. The minimum absolute atomic E-state index is 0.0530. The molecule has 1 heterocycles. The molecule has 0 aromatic carbocycles. The van der Waals surface area contributed by atoms with Crippen molar-refractivity contribution in [1.29, 1.82) is 0 Å². The molecule has 0 bridgehead atoms. The van der Waals surface area contributed by atoms with E-state index in [1.807, 2.05) is 0 Å². The van der Waals surface area contributed by atoms with Crippen LogP contribution in [0.3, 0.4) is 0 Å². The molecule has 0 fully saturated rings. The van der Waals surface area contributed by atoms with E-state index in [1.165, 1.54) is 11.9 Å². The summed E-state index contributed by atoms with van der Waals surface area (Å²) in [5.41, 5.74) is 0. The second kappa shape index (κ2) is 4.41. The average molecular weight is 172 g/mol. The molecule has 4 heteroatoms. The van der Waals surface area contributed by atoms with E-state index >= 15 is 0 Å².